The largest absolute Gasteiger partial charge is 0.346 e. The Kier molecular flexibility index (Phi) is 4.01. The zero-order valence-corrected chi connectivity index (χ0v) is 15.2. The fourth-order valence-electron chi connectivity index (χ4n) is 3.76. The lowest BCUT2D eigenvalue weighted by atomic mass is 9.99. The zero-order chi connectivity index (χ0) is 18.9. The lowest BCUT2D eigenvalue weighted by Gasteiger charge is -2.26. The van der Waals surface area contributed by atoms with Crippen molar-refractivity contribution in [3.8, 4) is 11.3 Å². The summed E-state index contributed by atoms with van der Waals surface area (Å²) < 4.78 is 0. The van der Waals surface area contributed by atoms with E-state index in [9.17, 15) is 4.79 Å². The molecule has 1 amide bonds. The number of hydrogen-bond acceptors (Lipinski definition) is 3. The van der Waals surface area contributed by atoms with Gasteiger partial charge in [0.05, 0.1) is 17.5 Å². The topological polar surface area (TPSA) is 77.7 Å². The van der Waals surface area contributed by atoms with Crippen LogP contribution in [0.5, 0.6) is 0 Å². The monoisotopic (exact) mass is 369 g/mol. The van der Waals surface area contributed by atoms with Crippen molar-refractivity contribution < 1.29 is 4.79 Å². The minimum absolute atomic E-state index is 0.00324. The highest BCUT2D eigenvalue weighted by Crippen LogP contribution is 2.29. The number of pyridine rings is 1. The average molecular weight is 369 g/mol. The first-order valence-corrected chi connectivity index (χ1v) is 9.31. The number of benzene rings is 1. The zero-order valence-electron chi connectivity index (χ0n) is 15.2. The van der Waals surface area contributed by atoms with Crippen molar-refractivity contribution in [2.24, 2.45) is 0 Å². The third-order valence-corrected chi connectivity index (χ3v) is 5.23. The summed E-state index contributed by atoms with van der Waals surface area (Å²) in [5.74, 6) is 0.00324. The van der Waals surface area contributed by atoms with Crippen LogP contribution in [0.15, 0.2) is 67.1 Å². The molecule has 4 heterocycles. The van der Waals surface area contributed by atoms with Gasteiger partial charge in [-0.3, -0.25) is 9.89 Å². The minimum Gasteiger partial charge on any atom is -0.346 e. The fourth-order valence-corrected chi connectivity index (χ4v) is 3.76. The first-order valence-electron chi connectivity index (χ1n) is 9.31. The van der Waals surface area contributed by atoms with E-state index in [4.69, 9.17) is 0 Å². The average Bonchev–Trinajstić information content (AvgIpc) is 3.41. The highest BCUT2D eigenvalue weighted by Gasteiger charge is 2.24. The van der Waals surface area contributed by atoms with E-state index in [1.54, 1.807) is 12.4 Å². The van der Waals surface area contributed by atoms with Crippen LogP contribution in [0.2, 0.25) is 0 Å². The second kappa shape index (κ2) is 6.81. The van der Waals surface area contributed by atoms with Crippen molar-refractivity contribution in [1.29, 1.82) is 0 Å². The molecule has 5 rings (SSSR count). The van der Waals surface area contributed by atoms with Gasteiger partial charge in [0.25, 0.3) is 5.91 Å². The first kappa shape index (κ1) is 16.5. The Morgan fingerprint density at radius 1 is 1.11 bits per heavy atom. The third kappa shape index (κ3) is 2.79. The Hall–Kier alpha value is -3.67. The number of carbonyl (C=O) groups is 1. The summed E-state index contributed by atoms with van der Waals surface area (Å²) in [6, 6.07) is 13.8. The quantitative estimate of drug-likeness (QED) is 0.575. The fraction of sp³-hybridized carbons (Fsp3) is 0.136. The van der Waals surface area contributed by atoms with Gasteiger partial charge < -0.3 is 9.88 Å². The second-order valence-corrected chi connectivity index (χ2v) is 6.86. The van der Waals surface area contributed by atoms with E-state index in [1.165, 1.54) is 11.1 Å². The standard InChI is InChI=1S/C22H19N5O/c28-22(19-14-25-26-20(19)16-5-2-1-3-6-16)27-11-8-15(9-12-27)18-13-24-21-17(18)7-4-10-23-21/h1-8,10,13-14H,9,11-12H2,(H,23,24)(H,25,26). The summed E-state index contributed by atoms with van der Waals surface area (Å²) in [6.07, 6.45) is 8.36. The van der Waals surface area contributed by atoms with Crippen LogP contribution in [-0.2, 0) is 0 Å². The number of nitrogens with one attached hydrogen (secondary N) is 2. The van der Waals surface area contributed by atoms with E-state index < -0.39 is 0 Å². The van der Waals surface area contributed by atoms with Gasteiger partial charge in [0.1, 0.15) is 5.65 Å². The maximum Gasteiger partial charge on any atom is 0.257 e. The summed E-state index contributed by atoms with van der Waals surface area (Å²) in [7, 11) is 0. The molecule has 0 unspecified atom stereocenters. The first-order chi connectivity index (χ1) is 13.8. The van der Waals surface area contributed by atoms with E-state index in [0.717, 1.165) is 28.7 Å². The van der Waals surface area contributed by atoms with Crippen molar-refractivity contribution in [3.63, 3.8) is 0 Å². The van der Waals surface area contributed by atoms with Gasteiger partial charge >= 0.3 is 0 Å². The third-order valence-electron chi connectivity index (χ3n) is 5.23. The molecule has 28 heavy (non-hydrogen) atoms. The molecular formula is C22H19N5O. The summed E-state index contributed by atoms with van der Waals surface area (Å²) >= 11 is 0. The SMILES string of the molecule is O=C(c1cn[nH]c1-c1ccccc1)N1CC=C(c2c[nH]c3ncccc23)CC1. The molecule has 0 atom stereocenters. The maximum atomic E-state index is 13.1. The van der Waals surface area contributed by atoms with E-state index in [1.807, 2.05) is 47.5 Å². The number of aromatic nitrogens is 4. The van der Waals surface area contributed by atoms with Crippen LogP contribution in [0.1, 0.15) is 22.3 Å². The van der Waals surface area contributed by atoms with Crippen molar-refractivity contribution in [2.45, 2.75) is 6.42 Å². The van der Waals surface area contributed by atoms with Gasteiger partial charge in [-0.1, -0.05) is 36.4 Å². The molecule has 1 aromatic carbocycles. The lowest BCUT2D eigenvalue weighted by molar-refractivity contribution is 0.0773. The summed E-state index contributed by atoms with van der Waals surface area (Å²) in [6.45, 7) is 1.26. The predicted octanol–water partition coefficient (Wildman–Crippen LogP) is 3.88. The van der Waals surface area contributed by atoms with Gasteiger partial charge in [0.15, 0.2) is 0 Å². The van der Waals surface area contributed by atoms with Crippen molar-refractivity contribution in [1.82, 2.24) is 25.1 Å². The van der Waals surface area contributed by atoms with Crippen LogP contribution in [0.3, 0.4) is 0 Å². The van der Waals surface area contributed by atoms with Gasteiger partial charge in [0, 0.05) is 42.0 Å². The number of H-pyrrole nitrogens is 2. The molecule has 4 aromatic rings. The molecule has 6 heteroatoms. The normalized spacial score (nSPS) is 14.3. The highest BCUT2D eigenvalue weighted by atomic mass is 16.2. The summed E-state index contributed by atoms with van der Waals surface area (Å²) in [5.41, 5.74) is 5.65. The smallest absolute Gasteiger partial charge is 0.257 e. The van der Waals surface area contributed by atoms with Gasteiger partial charge in [-0.15, -0.1) is 0 Å². The maximum absolute atomic E-state index is 13.1. The molecular weight excluding hydrogens is 350 g/mol. The van der Waals surface area contributed by atoms with Crippen LogP contribution in [-0.4, -0.2) is 44.1 Å². The van der Waals surface area contributed by atoms with Crippen molar-refractivity contribution in [2.75, 3.05) is 13.1 Å². The van der Waals surface area contributed by atoms with Crippen molar-refractivity contribution >= 4 is 22.5 Å². The Labute approximate surface area is 161 Å². The Balaban J connectivity index is 1.39. The van der Waals surface area contributed by atoms with Gasteiger partial charge in [0.2, 0.25) is 0 Å². The number of aromatic amines is 2. The molecule has 3 aromatic heterocycles. The molecule has 0 aliphatic carbocycles. The molecule has 0 bridgehead atoms. The Morgan fingerprint density at radius 3 is 2.82 bits per heavy atom. The number of fused-ring (bicyclic) bond motifs is 1. The minimum atomic E-state index is 0.00324. The summed E-state index contributed by atoms with van der Waals surface area (Å²) in [5, 5.41) is 8.19. The number of carbonyl (C=O) groups excluding carboxylic acids is 1. The Bertz CT molecular complexity index is 1170. The molecule has 1 aliphatic heterocycles. The van der Waals surface area contributed by atoms with Gasteiger partial charge in [-0.25, -0.2) is 4.98 Å². The van der Waals surface area contributed by atoms with Gasteiger partial charge in [-0.05, 0) is 24.1 Å². The number of nitrogens with zero attached hydrogens (tertiary/aromatic N) is 3. The van der Waals surface area contributed by atoms with Crippen LogP contribution < -0.4 is 0 Å². The van der Waals surface area contributed by atoms with Crippen molar-refractivity contribution in [3.05, 3.63) is 78.3 Å². The number of rotatable bonds is 3. The molecule has 6 nitrogen and oxygen atoms in total. The van der Waals surface area contributed by atoms with E-state index >= 15 is 0 Å². The predicted molar refractivity (Wildman–Crippen MR) is 109 cm³/mol. The number of hydrogen-bond donors (Lipinski definition) is 2. The molecule has 138 valence electrons. The second-order valence-electron chi connectivity index (χ2n) is 6.86. The molecule has 0 spiro atoms. The summed E-state index contributed by atoms with van der Waals surface area (Å²) in [4.78, 5) is 22.5. The molecule has 0 fully saturated rings. The van der Waals surface area contributed by atoms with Crippen LogP contribution in [0.25, 0.3) is 27.9 Å². The molecule has 0 saturated carbocycles. The molecule has 0 radical (unpaired) electrons. The van der Waals surface area contributed by atoms with Gasteiger partial charge in [-0.2, -0.15) is 5.10 Å². The van der Waals surface area contributed by atoms with Crippen LogP contribution >= 0.6 is 0 Å². The van der Waals surface area contributed by atoms with E-state index in [2.05, 4.69) is 32.3 Å². The van der Waals surface area contributed by atoms with Crippen LogP contribution in [0.4, 0.5) is 0 Å². The van der Waals surface area contributed by atoms with E-state index in [0.29, 0.717) is 18.7 Å². The number of amides is 1. The van der Waals surface area contributed by atoms with E-state index in [-0.39, 0.29) is 5.91 Å². The molecule has 0 saturated heterocycles. The molecule has 2 N–H and O–H groups in total. The van der Waals surface area contributed by atoms with Crippen LogP contribution in [0, 0.1) is 0 Å². The lowest BCUT2D eigenvalue weighted by Crippen LogP contribution is -2.34. The highest BCUT2D eigenvalue weighted by molar-refractivity contribution is 6.00. The Morgan fingerprint density at radius 2 is 2.00 bits per heavy atom. The molecule has 1 aliphatic rings.